The van der Waals surface area contributed by atoms with Crippen molar-refractivity contribution >= 4 is 35.4 Å². The molecule has 146 valence electrons. The Morgan fingerprint density at radius 2 is 1.21 bits per heavy atom. The minimum absolute atomic E-state index is 0.319. The standard InChI is InChI=1S/C23H26O3P2/c1-3-19-13-11-12-18-22(19)27(20-14-7-5-8-15-20,21-16-9-6-10-17-21)23(4-2)28(24,25)26/h5-18H,3-4H2,1-2H3,(H2,24,25,26). The summed E-state index contributed by atoms with van der Waals surface area (Å²) < 4.78 is 12.8. The Morgan fingerprint density at radius 1 is 0.750 bits per heavy atom. The fourth-order valence-corrected chi connectivity index (χ4v) is 11.3. The van der Waals surface area contributed by atoms with E-state index in [1.165, 1.54) is 0 Å². The highest BCUT2D eigenvalue weighted by molar-refractivity contribution is 8.05. The predicted molar refractivity (Wildman–Crippen MR) is 122 cm³/mol. The molecule has 0 saturated heterocycles. The summed E-state index contributed by atoms with van der Waals surface area (Å²) in [7, 11) is -4.46. The molecule has 0 atom stereocenters. The molecule has 2 N–H and O–H groups in total. The summed E-state index contributed by atoms with van der Waals surface area (Å²) in [6, 6.07) is 27.8. The highest BCUT2D eigenvalue weighted by Gasteiger charge is 2.37. The van der Waals surface area contributed by atoms with Gasteiger partial charge in [-0.2, -0.15) is 0 Å². The second kappa shape index (κ2) is 8.64. The summed E-state index contributed by atoms with van der Waals surface area (Å²) in [4.78, 5) is 20.9. The molecule has 0 aliphatic carbocycles. The van der Waals surface area contributed by atoms with E-state index in [9.17, 15) is 14.4 Å². The minimum atomic E-state index is -4.46. The van der Waals surface area contributed by atoms with E-state index in [0.717, 1.165) is 27.9 Å². The maximum Gasteiger partial charge on any atom is 0.353 e. The largest absolute Gasteiger partial charge is 0.353 e. The molecule has 3 aromatic carbocycles. The van der Waals surface area contributed by atoms with Gasteiger partial charge in [0.2, 0.25) is 0 Å². The fourth-order valence-electron chi connectivity index (χ4n) is 3.94. The van der Waals surface area contributed by atoms with Gasteiger partial charge in [-0.15, -0.1) is 0 Å². The minimum Gasteiger partial charge on any atom is -0.321 e. The first kappa shape index (κ1) is 20.8. The highest BCUT2D eigenvalue weighted by Crippen LogP contribution is 2.57. The Labute approximate surface area is 167 Å². The smallest absolute Gasteiger partial charge is 0.321 e. The van der Waals surface area contributed by atoms with Crippen molar-refractivity contribution < 1.29 is 14.4 Å². The summed E-state index contributed by atoms with van der Waals surface area (Å²) in [5.41, 5.74) is 1.13. The van der Waals surface area contributed by atoms with Crippen molar-refractivity contribution in [2.75, 3.05) is 0 Å². The molecule has 0 amide bonds. The zero-order chi connectivity index (χ0) is 20.2. The van der Waals surface area contributed by atoms with Crippen LogP contribution in [0, 0.1) is 0 Å². The Bertz CT molecular complexity index is 994. The molecule has 28 heavy (non-hydrogen) atoms. The van der Waals surface area contributed by atoms with Gasteiger partial charge in [-0.1, -0.05) is 98.8 Å². The van der Waals surface area contributed by atoms with Crippen LogP contribution in [0.5, 0.6) is 0 Å². The maximum absolute atomic E-state index is 12.8. The van der Waals surface area contributed by atoms with E-state index in [0.29, 0.717) is 11.5 Å². The van der Waals surface area contributed by atoms with Gasteiger partial charge in [-0.25, -0.2) is 0 Å². The van der Waals surface area contributed by atoms with Crippen molar-refractivity contribution in [1.82, 2.24) is 0 Å². The lowest BCUT2D eigenvalue weighted by molar-refractivity contribution is 0.391. The number of rotatable bonds is 6. The van der Waals surface area contributed by atoms with Gasteiger partial charge in [0.25, 0.3) is 0 Å². The molecular formula is C23H26O3P2. The maximum atomic E-state index is 12.8. The van der Waals surface area contributed by atoms with Crippen LogP contribution in [0.1, 0.15) is 25.8 Å². The molecule has 5 heteroatoms. The van der Waals surface area contributed by atoms with Crippen LogP contribution in [0.2, 0.25) is 0 Å². The third-order valence-electron chi connectivity index (χ3n) is 5.06. The van der Waals surface area contributed by atoms with E-state index in [2.05, 4.69) is 19.1 Å². The Balaban J connectivity index is 2.67. The molecule has 0 unspecified atom stereocenters. The summed E-state index contributed by atoms with van der Waals surface area (Å²) in [6.07, 6.45) is 1.12. The van der Waals surface area contributed by atoms with Gasteiger partial charge in [-0.05, 0) is 41.2 Å². The first-order chi connectivity index (χ1) is 13.5. The second-order valence-electron chi connectivity index (χ2n) is 6.64. The van der Waals surface area contributed by atoms with Crippen LogP contribution >= 0.6 is 14.5 Å². The molecular weight excluding hydrogens is 386 g/mol. The molecule has 0 radical (unpaired) electrons. The van der Waals surface area contributed by atoms with Crippen LogP contribution in [-0.2, 0) is 11.0 Å². The number of aryl methyl sites for hydroxylation is 1. The topological polar surface area (TPSA) is 57.5 Å². The van der Waals surface area contributed by atoms with Crippen LogP contribution in [0.4, 0.5) is 0 Å². The summed E-state index contributed by atoms with van der Waals surface area (Å²) in [5.74, 6) is 0. The molecule has 0 heterocycles. The van der Waals surface area contributed by atoms with Crippen LogP contribution in [0.3, 0.4) is 0 Å². The average molecular weight is 412 g/mol. The van der Waals surface area contributed by atoms with Crippen LogP contribution in [0.15, 0.2) is 84.9 Å². The van der Waals surface area contributed by atoms with Gasteiger partial charge >= 0.3 is 7.60 Å². The van der Waals surface area contributed by atoms with Crippen molar-refractivity contribution in [2.45, 2.75) is 26.7 Å². The molecule has 0 aromatic heterocycles. The molecule has 0 aliphatic rings. The van der Waals surface area contributed by atoms with E-state index < -0.39 is 14.5 Å². The summed E-state index contributed by atoms with van der Waals surface area (Å²) in [5, 5.41) is 3.32. The van der Waals surface area contributed by atoms with Crippen LogP contribution in [0.25, 0.3) is 0 Å². The van der Waals surface area contributed by atoms with E-state index >= 15 is 0 Å². The summed E-state index contributed by atoms with van der Waals surface area (Å²) >= 11 is 0. The van der Waals surface area contributed by atoms with Crippen molar-refractivity contribution in [3.63, 3.8) is 0 Å². The summed E-state index contributed by atoms with van der Waals surface area (Å²) in [6.45, 7) is 1.26. The zero-order valence-electron chi connectivity index (χ0n) is 16.2. The Kier molecular flexibility index (Phi) is 6.43. The molecule has 0 bridgehead atoms. The third-order valence-corrected chi connectivity index (χ3v) is 12.1. The molecule has 3 nitrogen and oxygen atoms in total. The molecule has 0 spiro atoms. The molecule has 0 saturated carbocycles. The number of hydrogen-bond donors (Lipinski definition) is 2. The Hall–Kier alpha value is -1.89. The monoisotopic (exact) mass is 412 g/mol. The molecule has 3 aromatic rings. The average Bonchev–Trinajstić information content (AvgIpc) is 2.72. The lowest BCUT2D eigenvalue weighted by Crippen LogP contribution is -2.32. The first-order valence-corrected chi connectivity index (χ1v) is 12.9. The molecule has 3 rings (SSSR count). The van der Waals surface area contributed by atoms with Gasteiger partial charge < -0.3 is 9.79 Å². The highest BCUT2D eigenvalue weighted by atomic mass is 31.2. The third kappa shape index (κ3) is 3.69. The number of benzene rings is 3. The lowest BCUT2D eigenvalue weighted by atomic mass is 10.2. The van der Waals surface area contributed by atoms with Crippen molar-refractivity contribution in [3.05, 3.63) is 90.5 Å². The van der Waals surface area contributed by atoms with Gasteiger partial charge in [0.15, 0.2) is 0 Å². The van der Waals surface area contributed by atoms with E-state index in [1.54, 1.807) is 0 Å². The quantitative estimate of drug-likeness (QED) is 0.595. The van der Waals surface area contributed by atoms with Crippen LogP contribution < -0.4 is 15.9 Å². The van der Waals surface area contributed by atoms with Gasteiger partial charge in [0.1, 0.15) is 0 Å². The molecule has 0 fully saturated rings. The fraction of sp³-hybridized carbons (Fsp3) is 0.174. The SMILES string of the molecule is CCC(P(=O)(O)O)=P(c1ccccc1)(c1ccccc1)c1ccccc1CC. The lowest BCUT2D eigenvalue weighted by Gasteiger charge is -2.34. The van der Waals surface area contributed by atoms with Crippen molar-refractivity contribution in [1.29, 1.82) is 0 Å². The van der Waals surface area contributed by atoms with Crippen molar-refractivity contribution in [3.8, 4) is 0 Å². The second-order valence-corrected chi connectivity index (χ2v) is 12.0. The van der Waals surface area contributed by atoms with Crippen LogP contribution in [-0.4, -0.2) is 14.8 Å². The zero-order valence-corrected chi connectivity index (χ0v) is 18.0. The predicted octanol–water partition coefficient (Wildman–Crippen LogP) is 4.26. The van der Waals surface area contributed by atoms with E-state index in [1.807, 2.05) is 79.7 Å². The van der Waals surface area contributed by atoms with Gasteiger partial charge in [-0.3, -0.25) is 4.57 Å². The normalized spacial score (nSPS) is 12.0. The van der Waals surface area contributed by atoms with E-state index in [-0.39, 0.29) is 0 Å². The number of hydrogen-bond acceptors (Lipinski definition) is 1. The van der Waals surface area contributed by atoms with Crippen molar-refractivity contribution in [2.24, 2.45) is 0 Å². The van der Waals surface area contributed by atoms with Gasteiger partial charge in [0, 0.05) is 0 Å². The first-order valence-electron chi connectivity index (χ1n) is 9.47. The molecule has 0 aliphatic heterocycles. The van der Waals surface area contributed by atoms with Gasteiger partial charge in [0.05, 0.1) is 5.03 Å². The van der Waals surface area contributed by atoms with E-state index in [4.69, 9.17) is 0 Å². The Morgan fingerprint density at radius 3 is 1.64 bits per heavy atom.